The van der Waals surface area contributed by atoms with E-state index in [1.165, 1.54) is 0 Å². The first-order valence-corrected chi connectivity index (χ1v) is 7.69. The number of hydrogen-bond acceptors (Lipinski definition) is 3. The topological polar surface area (TPSA) is 55.6 Å². The summed E-state index contributed by atoms with van der Waals surface area (Å²) in [5, 5.41) is 0. The molecule has 21 heavy (non-hydrogen) atoms. The Morgan fingerprint density at radius 3 is 2.57 bits per heavy atom. The number of benzene rings is 1. The Balaban J connectivity index is 2.52. The van der Waals surface area contributed by atoms with Gasteiger partial charge in [-0.3, -0.25) is 4.79 Å². The predicted octanol–water partition coefficient (Wildman–Crippen LogP) is 2.74. The van der Waals surface area contributed by atoms with E-state index in [1.807, 2.05) is 35.2 Å². The average molecular weight is 292 g/mol. The van der Waals surface area contributed by atoms with Gasteiger partial charge in [0.15, 0.2) is 0 Å². The van der Waals surface area contributed by atoms with E-state index in [0.717, 1.165) is 12.0 Å². The number of carbonyl (C=O) groups excluding carboxylic acids is 1. The molecule has 2 N–H and O–H groups in total. The van der Waals surface area contributed by atoms with Crippen LogP contribution >= 0.6 is 0 Å². The molecule has 0 aromatic heterocycles. The average Bonchev–Trinajstić information content (AvgIpc) is 2.53. The van der Waals surface area contributed by atoms with Crippen LogP contribution in [0.25, 0.3) is 0 Å². The zero-order valence-electron chi connectivity index (χ0n) is 13.4. The highest BCUT2D eigenvalue weighted by molar-refractivity contribution is 5.76. The lowest BCUT2D eigenvalue weighted by Crippen LogP contribution is -2.40. The smallest absolute Gasteiger partial charge is 0.222 e. The van der Waals surface area contributed by atoms with Gasteiger partial charge in [0.25, 0.3) is 0 Å². The van der Waals surface area contributed by atoms with Crippen LogP contribution in [0, 0.1) is 0 Å². The van der Waals surface area contributed by atoms with Gasteiger partial charge < -0.3 is 15.4 Å². The van der Waals surface area contributed by atoms with Gasteiger partial charge in [0.1, 0.15) is 0 Å². The molecule has 0 heterocycles. The van der Waals surface area contributed by atoms with Crippen LogP contribution in [-0.4, -0.2) is 37.1 Å². The summed E-state index contributed by atoms with van der Waals surface area (Å²) in [5.41, 5.74) is 7.24. The second-order valence-electron chi connectivity index (χ2n) is 5.39. The number of methoxy groups -OCH3 is 1. The molecule has 0 bridgehead atoms. The summed E-state index contributed by atoms with van der Waals surface area (Å²) >= 11 is 0. The second kappa shape index (κ2) is 9.53. The van der Waals surface area contributed by atoms with Gasteiger partial charge in [-0.05, 0) is 25.3 Å². The Bertz CT molecular complexity index is 409. The zero-order chi connectivity index (χ0) is 15.7. The number of nitrogens with zero attached hydrogens (tertiary/aromatic N) is 1. The molecule has 0 spiro atoms. The lowest BCUT2D eigenvalue weighted by atomic mass is 10.0. The summed E-state index contributed by atoms with van der Waals surface area (Å²) in [6, 6.07) is 10.1. The van der Waals surface area contributed by atoms with E-state index in [-0.39, 0.29) is 18.0 Å². The number of rotatable bonds is 9. The zero-order valence-corrected chi connectivity index (χ0v) is 13.4. The van der Waals surface area contributed by atoms with Gasteiger partial charge in [-0.2, -0.15) is 0 Å². The van der Waals surface area contributed by atoms with Crippen molar-refractivity contribution in [3.63, 3.8) is 0 Å². The van der Waals surface area contributed by atoms with Crippen LogP contribution in [0.4, 0.5) is 0 Å². The summed E-state index contributed by atoms with van der Waals surface area (Å²) in [5.74, 6) is 0.160. The monoisotopic (exact) mass is 292 g/mol. The lowest BCUT2D eigenvalue weighted by molar-refractivity contribution is -0.134. The molecule has 0 fully saturated rings. The Morgan fingerprint density at radius 1 is 1.33 bits per heavy atom. The number of hydrogen-bond donors (Lipinski definition) is 1. The molecule has 0 aliphatic rings. The third-order valence-corrected chi connectivity index (χ3v) is 3.88. The third kappa shape index (κ3) is 5.86. The molecule has 0 aliphatic heterocycles. The molecule has 1 aromatic rings. The van der Waals surface area contributed by atoms with E-state index in [4.69, 9.17) is 10.5 Å². The van der Waals surface area contributed by atoms with Crippen molar-refractivity contribution in [1.82, 2.24) is 4.90 Å². The molecule has 0 radical (unpaired) electrons. The maximum Gasteiger partial charge on any atom is 0.222 e. The van der Waals surface area contributed by atoms with Crippen molar-refractivity contribution in [2.24, 2.45) is 5.73 Å². The summed E-state index contributed by atoms with van der Waals surface area (Å²) in [6.45, 7) is 5.38. The van der Waals surface area contributed by atoms with Crippen molar-refractivity contribution in [2.45, 2.75) is 45.2 Å². The molecular formula is C17H28N2O2. The highest BCUT2D eigenvalue weighted by atomic mass is 16.5. The van der Waals surface area contributed by atoms with Crippen molar-refractivity contribution in [1.29, 1.82) is 0 Å². The minimum atomic E-state index is -0.0867. The molecular weight excluding hydrogens is 264 g/mol. The number of ether oxygens (including phenoxy) is 1. The molecule has 4 nitrogen and oxygen atoms in total. The number of nitrogens with two attached hydrogens (primary N) is 1. The van der Waals surface area contributed by atoms with Crippen LogP contribution in [-0.2, 0) is 9.53 Å². The van der Waals surface area contributed by atoms with Crippen LogP contribution in [0.2, 0.25) is 0 Å². The molecule has 1 amide bonds. The first-order valence-electron chi connectivity index (χ1n) is 7.69. The maximum absolute atomic E-state index is 12.4. The first kappa shape index (κ1) is 17.7. The summed E-state index contributed by atoms with van der Waals surface area (Å²) < 4.78 is 5.09. The van der Waals surface area contributed by atoms with E-state index in [2.05, 4.69) is 13.8 Å². The van der Waals surface area contributed by atoms with Crippen molar-refractivity contribution in [3.05, 3.63) is 35.9 Å². The van der Waals surface area contributed by atoms with Crippen LogP contribution < -0.4 is 5.73 Å². The van der Waals surface area contributed by atoms with Gasteiger partial charge in [0, 0.05) is 32.2 Å². The minimum Gasteiger partial charge on any atom is -0.383 e. The Hall–Kier alpha value is -1.39. The summed E-state index contributed by atoms with van der Waals surface area (Å²) in [6.07, 6.45) is 2.09. The van der Waals surface area contributed by atoms with E-state index in [9.17, 15) is 4.79 Å². The molecule has 1 rings (SSSR count). The Morgan fingerprint density at radius 2 is 2.00 bits per heavy atom. The third-order valence-electron chi connectivity index (χ3n) is 3.88. The van der Waals surface area contributed by atoms with Gasteiger partial charge in [-0.15, -0.1) is 0 Å². The standard InChI is InChI=1S/C17H28N2O2/c1-4-14(2)19(12-13-21-3)17(20)11-10-16(18)15-8-6-5-7-9-15/h5-9,14,16H,4,10-13,18H2,1-3H3. The lowest BCUT2D eigenvalue weighted by Gasteiger charge is -2.29. The molecule has 118 valence electrons. The quantitative estimate of drug-likeness (QED) is 0.761. The van der Waals surface area contributed by atoms with Crippen molar-refractivity contribution in [3.8, 4) is 0 Å². The van der Waals surface area contributed by atoms with Crippen LogP contribution in [0.3, 0.4) is 0 Å². The molecule has 0 saturated carbocycles. The largest absolute Gasteiger partial charge is 0.383 e. The highest BCUT2D eigenvalue weighted by Gasteiger charge is 2.19. The van der Waals surface area contributed by atoms with Crippen molar-refractivity contribution in [2.75, 3.05) is 20.3 Å². The highest BCUT2D eigenvalue weighted by Crippen LogP contribution is 2.17. The fourth-order valence-electron chi connectivity index (χ4n) is 2.29. The van der Waals surface area contributed by atoms with Crippen LogP contribution in [0.1, 0.15) is 44.7 Å². The van der Waals surface area contributed by atoms with Gasteiger partial charge >= 0.3 is 0 Å². The first-order chi connectivity index (χ1) is 10.1. The van der Waals surface area contributed by atoms with Gasteiger partial charge in [-0.1, -0.05) is 37.3 Å². The molecule has 2 unspecified atom stereocenters. The normalized spacial score (nSPS) is 13.7. The SMILES string of the molecule is CCC(C)N(CCOC)C(=O)CCC(N)c1ccccc1. The van der Waals surface area contributed by atoms with Crippen LogP contribution in [0.5, 0.6) is 0 Å². The summed E-state index contributed by atoms with van der Waals surface area (Å²) in [4.78, 5) is 14.3. The fourth-order valence-corrected chi connectivity index (χ4v) is 2.29. The van der Waals surface area contributed by atoms with E-state index < -0.39 is 0 Å². The van der Waals surface area contributed by atoms with Gasteiger partial charge in [0.05, 0.1) is 6.61 Å². The molecule has 4 heteroatoms. The van der Waals surface area contributed by atoms with Gasteiger partial charge in [0.2, 0.25) is 5.91 Å². The predicted molar refractivity (Wildman–Crippen MR) is 85.9 cm³/mol. The number of amides is 1. The number of carbonyl (C=O) groups is 1. The molecule has 0 aliphatic carbocycles. The maximum atomic E-state index is 12.4. The molecule has 1 aromatic carbocycles. The summed E-state index contributed by atoms with van der Waals surface area (Å²) in [7, 11) is 1.66. The second-order valence-corrected chi connectivity index (χ2v) is 5.39. The van der Waals surface area contributed by atoms with E-state index >= 15 is 0 Å². The molecule has 0 saturated heterocycles. The van der Waals surface area contributed by atoms with Crippen molar-refractivity contribution >= 4 is 5.91 Å². The Labute approximate surface area is 128 Å². The van der Waals surface area contributed by atoms with E-state index in [1.54, 1.807) is 7.11 Å². The van der Waals surface area contributed by atoms with Gasteiger partial charge in [-0.25, -0.2) is 0 Å². The van der Waals surface area contributed by atoms with Crippen LogP contribution in [0.15, 0.2) is 30.3 Å². The van der Waals surface area contributed by atoms with E-state index in [0.29, 0.717) is 26.0 Å². The van der Waals surface area contributed by atoms with Crippen molar-refractivity contribution < 1.29 is 9.53 Å². The Kier molecular flexibility index (Phi) is 8.01. The minimum absolute atomic E-state index is 0.0867. The molecule has 2 atom stereocenters. The fraction of sp³-hybridized carbons (Fsp3) is 0.588.